The van der Waals surface area contributed by atoms with Gasteiger partial charge in [0, 0.05) is 26.4 Å². The Labute approximate surface area is 155 Å². The first kappa shape index (κ1) is 18.8. The van der Waals surface area contributed by atoms with Gasteiger partial charge in [-0.05, 0) is 38.5 Å². The molecule has 0 aromatic carbocycles. The SMILES string of the molecule is CNC(=O)c1cc2c(=O)n3ccccc3nc2n(CCCOC(C)C)c1=N. The number of amides is 1. The topological polar surface area (TPSA) is 101 Å². The van der Waals surface area contributed by atoms with E-state index in [9.17, 15) is 9.59 Å². The van der Waals surface area contributed by atoms with Crippen molar-refractivity contribution >= 4 is 22.6 Å². The highest BCUT2D eigenvalue weighted by atomic mass is 16.5. The van der Waals surface area contributed by atoms with Crippen LogP contribution in [0.15, 0.2) is 35.3 Å². The number of aryl methyl sites for hydroxylation is 1. The van der Waals surface area contributed by atoms with Crippen LogP contribution in [0.4, 0.5) is 0 Å². The predicted octanol–water partition coefficient (Wildman–Crippen LogP) is 1.30. The molecule has 0 aliphatic rings. The van der Waals surface area contributed by atoms with Crippen molar-refractivity contribution in [1.82, 2.24) is 19.3 Å². The van der Waals surface area contributed by atoms with Crippen molar-refractivity contribution in [3.63, 3.8) is 0 Å². The Kier molecular flexibility index (Phi) is 5.36. The van der Waals surface area contributed by atoms with Crippen molar-refractivity contribution in [2.45, 2.75) is 32.9 Å². The van der Waals surface area contributed by atoms with E-state index in [-0.39, 0.29) is 22.7 Å². The van der Waals surface area contributed by atoms with E-state index >= 15 is 0 Å². The highest BCUT2D eigenvalue weighted by molar-refractivity contribution is 5.96. The quantitative estimate of drug-likeness (QED) is 0.505. The van der Waals surface area contributed by atoms with Gasteiger partial charge in [0.25, 0.3) is 11.5 Å². The summed E-state index contributed by atoms with van der Waals surface area (Å²) in [4.78, 5) is 29.7. The van der Waals surface area contributed by atoms with E-state index < -0.39 is 5.91 Å². The molecule has 8 heteroatoms. The van der Waals surface area contributed by atoms with E-state index in [1.807, 2.05) is 13.8 Å². The Hall–Kier alpha value is -3.00. The number of fused-ring (bicyclic) bond motifs is 2. The highest BCUT2D eigenvalue weighted by Crippen LogP contribution is 2.11. The average Bonchev–Trinajstić information content (AvgIpc) is 2.66. The maximum Gasteiger partial charge on any atom is 0.267 e. The number of nitrogens with one attached hydrogen (secondary N) is 2. The zero-order valence-electron chi connectivity index (χ0n) is 15.7. The Bertz CT molecular complexity index is 1110. The number of rotatable bonds is 6. The second-order valence-electron chi connectivity index (χ2n) is 6.49. The fourth-order valence-electron chi connectivity index (χ4n) is 2.95. The Morgan fingerprint density at radius 3 is 2.85 bits per heavy atom. The van der Waals surface area contributed by atoms with Crippen LogP contribution in [-0.2, 0) is 11.3 Å². The fraction of sp³-hybridized carbons (Fsp3) is 0.368. The summed E-state index contributed by atoms with van der Waals surface area (Å²) in [5, 5.41) is 11.3. The van der Waals surface area contributed by atoms with Gasteiger partial charge in [-0.2, -0.15) is 0 Å². The molecule has 0 radical (unpaired) electrons. The van der Waals surface area contributed by atoms with Crippen LogP contribution in [0.1, 0.15) is 30.6 Å². The maximum atomic E-state index is 12.9. The number of ether oxygens (including phenoxy) is 1. The third kappa shape index (κ3) is 3.61. The molecule has 0 saturated carbocycles. The number of carbonyl (C=O) groups excluding carboxylic acids is 1. The molecule has 27 heavy (non-hydrogen) atoms. The van der Waals surface area contributed by atoms with Gasteiger partial charge in [0.2, 0.25) is 0 Å². The lowest BCUT2D eigenvalue weighted by atomic mass is 10.2. The second kappa shape index (κ2) is 7.71. The third-order valence-corrected chi connectivity index (χ3v) is 4.27. The molecule has 8 nitrogen and oxygen atoms in total. The maximum absolute atomic E-state index is 12.9. The van der Waals surface area contributed by atoms with E-state index in [4.69, 9.17) is 10.1 Å². The Balaban J connectivity index is 2.22. The molecule has 142 valence electrons. The molecule has 3 aromatic rings. The largest absolute Gasteiger partial charge is 0.379 e. The molecule has 0 spiro atoms. The molecule has 0 fully saturated rings. The summed E-state index contributed by atoms with van der Waals surface area (Å²) < 4.78 is 8.61. The van der Waals surface area contributed by atoms with Crippen molar-refractivity contribution in [2.24, 2.45) is 0 Å². The first-order chi connectivity index (χ1) is 12.9. The molecule has 3 rings (SSSR count). The zero-order valence-corrected chi connectivity index (χ0v) is 15.7. The summed E-state index contributed by atoms with van der Waals surface area (Å²) >= 11 is 0. The molecule has 0 unspecified atom stereocenters. The van der Waals surface area contributed by atoms with Gasteiger partial charge in [-0.3, -0.25) is 19.4 Å². The summed E-state index contributed by atoms with van der Waals surface area (Å²) in [6.45, 7) is 4.85. The lowest BCUT2D eigenvalue weighted by Gasteiger charge is -2.15. The number of hydrogen-bond acceptors (Lipinski definition) is 5. The van der Waals surface area contributed by atoms with Crippen molar-refractivity contribution in [3.05, 3.63) is 51.9 Å². The smallest absolute Gasteiger partial charge is 0.267 e. The number of carbonyl (C=O) groups is 1. The molecule has 0 atom stereocenters. The van der Waals surface area contributed by atoms with Crippen LogP contribution < -0.4 is 16.4 Å². The second-order valence-corrected chi connectivity index (χ2v) is 6.49. The van der Waals surface area contributed by atoms with Crippen LogP contribution in [0, 0.1) is 5.41 Å². The van der Waals surface area contributed by atoms with Gasteiger partial charge in [0.1, 0.15) is 16.8 Å². The molecule has 1 amide bonds. The molecule has 0 aliphatic carbocycles. The number of nitrogens with zero attached hydrogens (tertiary/aromatic N) is 3. The fourth-order valence-corrected chi connectivity index (χ4v) is 2.95. The predicted molar refractivity (Wildman–Crippen MR) is 102 cm³/mol. The Morgan fingerprint density at radius 2 is 2.15 bits per heavy atom. The standard InChI is InChI=1S/C19H23N5O3/c1-12(2)27-10-6-9-24-16(20)13(18(25)21-3)11-14-17(24)22-15-7-4-5-8-23(15)19(14)26/h4-5,7-8,11-12,20H,6,9-10H2,1-3H3,(H,21,25). The van der Waals surface area contributed by atoms with Gasteiger partial charge in [0.05, 0.1) is 17.1 Å². The van der Waals surface area contributed by atoms with Gasteiger partial charge in [-0.25, -0.2) is 4.98 Å². The van der Waals surface area contributed by atoms with Gasteiger partial charge in [-0.15, -0.1) is 0 Å². The van der Waals surface area contributed by atoms with Gasteiger partial charge in [-0.1, -0.05) is 6.07 Å². The molecule has 0 aliphatic heterocycles. The molecule has 3 heterocycles. The summed E-state index contributed by atoms with van der Waals surface area (Å²) in [6.07, 6.45) is 2.39. The molecule has 3 aromatic heterocycles. The van der Waals surface area contributed by atoms with Crippen molar-refractivity contribution < 1.29 is 9.53 Å². The third-order valence-electron chi connectivity index (χ3n) is 4.27. The van der Waals surface area contributed by atoms with Crippen LogP contribution >= 0.6 is 0 Å². The van der Waals surface area contributed by atoms with Crippen LogP contribution in [0.3, 0.4) is 0 Å². The van der Waals surface area contributed by atoms with Gasteiger partial charge >= 0.3 is 0 Å². The normalized spacial score (nSPS) is 11.4. The van der Waals surface area contributed by atoms with E-state index in [0.29, 0.717) is 36.3 Å². The van der Waals surface area contributed by atoms with Crippen LogP contribution in [0.2, 0.25) is 0 Å². The van der Waals surface area contributed by atoms with E-state index in [2.05, 4.69) is 10.3 Å². The zero-order chi connectivity index (χ0) is 19.6. The summed E-state index contributed by atoms with van der Waals surface area (Å²) in [6, 6.07) is 6.74. The number of hydrogen-bond donors (Lipinski definition) is 2. The van der Waals surface area contributed by atoms with Crippen LogP contribution in [0.25, 0.3) is 16.7 Å². The summed E-state index contributed by atoms with van der Waals surface area (Å²) in [5.74, 6) is -0.411. The van der Waals surface area contributed by atoms with Crippen LogP contribution in [0.5, 0.6) is 0 Å². The minimum Gasteiger partial charge on any atom is -0.379 e. The minimum absolute atomic E-state index is 0.0265. The summed E-state index contributed by atoms with van der Waals surface area (Å²) in [5.41, 5.74) is 0.791. The number of aromatic nitrogens is 3. The lowest BCUT2D eigenvalue weighted by molar-refractivity contribution is 0.0748. The van der Waals surface area contributed by atoms with Crippen molar-refractivity contribution in [1.29, 1.82) is 5.41 Å². The van der Waals surface area contributed by atoms with E-state index in [0.717, 1.165) is 0 Å². The lowest BCUT2D eigenvalue weighted by Crippen LogP contribution is -2.34. The van der Waals surface area contributed by atoms with Gasteiger partial charge < -0.3 is 14.6 Å². The molecule has 0 saturated heterocycles. The minimum atomic E-state index is -0.411. The van der Waals surface area contributed by atoms with Gasteiger partial charge in [0.15, 0.2) is 0 Å². The Morgan fingerprint density at radius 1 is 1.37 bits per heavy atom. The summed E-state index contributed by atoms with van der Waals surface area (Å²) in [7, 11) is 1.50. The monoisotopic (exact) mass is 369 g/mol. The molecular weight excluding hydrogens is 346 g/mol. The molecule has 0 bridgehead atoms. The number of pyridine rings is 2. The first-order valence-electron chi connectivity index (χ1n) is 8.87. The van der Waals surface area contributed by atoms with E-state index in [1.165, 1.54) is 17.5 Å². The highest BCUT2D eigenvalue weighted by Gasteiger charge is 2.16. The molecular formula is C19H23N5O3. The van der Waals surface area contributed by atoms with Crippen molar-refractivity contribution in [3.8, 4) is 0 Å². The first-order valence-corrected chi connectivity index (χ1v) is 8.87. The van der Waals surface area contributed by atoms with E-state index in [1.54, 1.807) is 29.0 Å². The van der Waals surface area contributed by atoms with Crippen LogP contribution in [-0.4, -0.2) is 39.6 Å². The van der Waals surface area contributed by atoms with Crippen molar-refractivity contribution in [2.75, 3.05) is 13.7 Å². The average molecular weight is 369 g/mol. The molecule has 2 N–H and O–H groups in total.